The van der Waals surface area contributed by atoms with Gasteiger partial charge >= 0.3 is 0 Å². The minimum absolute atomic E-state index is 0.759. The first-order chi connectivity index (χ1) is 8.40. The van der Waals surface area contributed by atoms with E-state index in [0.29, 0.717) is 0 Å². The number of pyridine rings is 1. The molecule has 3 aromatic rings. The zero-order valence-electron chi connectivity index (χ0n) is 9.33. The fraction of sp³-hybridized carbons (Fsp3) is 0.0833. The molecular formula is C12H11N5. The summed E-state index contributed by atoms with van der Waals surface area (Å²) in [7, 11) is 1.83. The molecule has 3 aromatic heterocycles. The fourth-order valence-corrected chi connectivity index (χ4v) is 1.80. The van der Waals surface area contributed by atoms with Crippen LogP contribution in [0, 0.1) is 0 Å². The van der Waals surface area contributed by atoms with Crippen LogP contribution >= 0.6 is 0 Å². The van der Waals surface area contributed by atoms with Crippen LogP contribution in [-0.2, 0) is 0 Å². The van der Waals surface area contributed by atoms with Gasteiger partial charge in [0.25, 0.3) is 0 Å². The molecule has 17 heavy (non-hydrogen) atoms. The SMILES string of the molecule is CNc1nccn2c(-c3ccccn3)cnc12. The summed E-state index contributed by atoms with van der Waals surface area (Å²) in [6.45, 7) is 0. The van der Waals surface area contributed by atoms with E-state index >= 15 is 0 Å². The van der Waals surface area contributed by atoms with E-state index in [-0.39, 0.29) is 0 Å². The predicted octanol–water partition coefficient (Wildman–Crippen LogP) is 1.83. The van der Waals surface area contributed by atoms with Gasteiger partial charge < -0.3 is 5.32 Å². The molecule has 0 unspecified atom stereocenters. The summed E-state index contributed by atoms with van der Waals surface area (Å²) >= 11 is 0. The van der Waals surface area contributed by atoms with Crippen molar-refractivity contribution in [3.05, 3.63) is 43.0 Å². The Morgan fingerprint density at radius 2 is 2.06 bits per heavy atom. The van der Waals surface area contributed by atoms with Gasteiger partial charge in [-0.05, 0) is 12.1 Å². The zero-order chi connectivity index (χ0) is 11.7. The molecule has 0 fully saturated rings. The van der Waals surface area contributed by atoms with Crippen molar-refractivity contribution in [1.29, 1.82) is 0 Å². The maximum Gasteiger partial charge on any atom is 0.180 e. The highest BCUT2D eigenvalue weighted by molar-refractivity contribution is 5.68. The number of hydrogen-bond donors (Lipinski definition) is 1. The normalized spacial score (nSPS) is 10.6. The van der Waals surface area contributed by atoms with E-state index < -0.39 is 0 Å². The maximum atomic E-state index is 4.36. The number of fused-ring (bicyclic) bond motifs is 1. The lowest BCUT2D eigenvalue weighted by atomic mass is 10.3. The Morgan fingerprint density at radius 3 is 2.82 bits per heavy atom. The third kappa shape index (κ3) is 1.52. The van der Waals surface area contributed by atoms with Gasteiger partial charge in [0.1, 0.15) is 0 Å². The Labute approximate surface area is 98.2 Å². The molecule has 0 bridgehead atoms. The summed E-state index contributed by atoms with van der Waals surface area (Å²) in [5.41, 5.74) is 2.66. The molecule has 0 radical (unpaired) electrons. The summed E-state index contributed by atoms with van der Waals surface area (Å²) in [6.07, 6.45) is 7.20. The summed E-state index contributed by atoms with van der Waals surface area (Å²) in [4.78, 5) is 12.9. The quantitative estimate of drug-likeness (QED) is 0.723. The van der Waals surface area contributed by atoms with Gasteiger partial charge in [-0.25, -0.2) is 9.97 Å². The molecule has 3 heterocycles. The average Bonchev–Trinajstić information content (AvgIpc) is 2.83. The molecule has 84 valence electrons. The van der Waals surface area contributed by atoms with Gasteiger partial charge in [0.2, 0.25) is 0 Å². The second-order valence-corrected chi connectivity index (χ2v) is 3.58. The Balaban J connectivity index is 2.26. The molecule has 5 heteroatoms. The van der Waals surface area contributed by atoms with E-state index in [1.165, 1.54) is 0 Å². The Kier molecular flexibility index (Phi) is 2.22. The molecule has 0 amide bonds. The molecule has 0 atom stereocenters. The van der Waals surface area contributed by atoms with Gasteiger partial charge in [0.05, 0.1) is 17.6 Å². The second kappa shape index (κ2) is 3.86. The largest absolute Gasteiger partial charge is 0.370 e. The van der Waals surface area contributed by atoms with Crippen LogP contribution in [0.5, 0.6) is 0 Å². The summed E-state index contributed by atoms with van der Waals surface area (Å²) in [5.74, 6) is 0.759. The number of imidazole rings is 1. The second-order valence-electron chi connectivity index (χ2n) is 3.58. The highest BCUT2D eigenvalue weighted by Crippen LogP contribution is 2.20. The Morgan fingerprint density at radius 1 is 1.12 bits per heavy atom. The molecule has 0 aromatic carbocycles. The minimum atomic E-state index is 0.759. The van der Waals surface area contributed by atoms with Crippen molar-refractivity contribution < 1.29 is 0 Å². The van der Waals surface area contributed by atoms with Gasteiger partial charge in [-0.1, -0.05) is 6.07 Å². The number of hydrogen-bond acceptors (Lipinski definition) is 4. The van der Waals surface area contributed by atoms with Crippen LogP contribution in [0.25, 0.3) is 17.0 Å². The smallest absolute Gasteiger partial charge is 0.180 e. The van der Waals surface area contributed by atoms with Crippen LogP contribution in [0.2, 0.25) is 0 Å². The molecule has 0 spiro atoms. The number of anilines is 1. The van der Waals surface area contributed by atoms with Gasteiger partial charge in [0, 0.05) is 25.6 Å². The number of nitrogens with zero attached hydrogens (tertiary/aromatic N) is 4. The summed E-state index contributed by atoms with van der Waals surface area (Å²) in [6, 6.07) is 5.82. The summed E-state index contributed by atoms with van der Waals surface area (Å²) < 4.78 is 1.97. The minimum Gasteiger partial charge on any atom is -0.370 e. The van der Waals surface area contributed by atoms with Crippen LogP contribution < -0.4 is 5.32 Å². The molecule has 1 N–H and O–H groups in total. The van der Waals surface area contributed by atoms with E-state index in [4.69, 9.17) is 0 Å². The lowest BCUT2D eigenvalue weighted by molar-refractivity contribution is 1.11. The van der Waals surface area contributed by atoms with Crippen LogP contribution in [-0.4, -0.2) is 26.4 Å². The first-order valence-electron chi connectivity index (χ1n) is 5.31. The zero-order valence-corrected chi connectivity index (χ0v) is 9.33. The Hall–Kier alpha value is -2.43. The van der Waals surface area contributed by atoms with Gasteiger partial charge in [-0.2, -0.15) is 0 Å². The van der Waals surface area contributed by atoms with Crippen LogP contribution in [0.3, 0.4) is 0 Å². The highest BCUT2D eigenvalue weighted by Gasteiger charge is 2.09. The van der Waals surface area contributed by atoms with Crippen molar-refractivity contribution >= 4 is 11.5 Å². The Bertz CT molecular complexity index is 644. The van der Waals surface area contributed by atoms with Crippen LogP contribution in [0.1, 0.15) is 0 Å². The van der Waals surface area contributed by atoms with E-state index in [0.717, 1.165) is 22.9 Å². The van der Waals surface area contributed by atoms with Crippen molar-refractivity contribution in [3.63, 3.8) is 0 Å². The van der Waals surface area contributed by atoms with Crippen molar-refractivity contribution in [2.75, 3.05) is 12.4 Å². The van der Waals surface area contributed by atoms with E-state index in [1.54, 1.807) is 18.6 Å². The number of rotatable bonds is 2. The van der Waals surface area contributed by atoms with E-state index in [9.17, 15) is 0 Å². The van der Waals surface area contributed by atoms with Gasteiger partial charge in [-0.15, -0.1) is 0 Å². The molecule has 0 saturated heterocycles. The first-order valence-corrected chi connectivity index (χ1v) is 5.31. The van der Waals surface area contributed by atoms with Crippen LogP contribution in [0.15, 0.2) is 43.0 Å². The van der Waals surface area contributed by atoms with Crippen molar-refractivity contribution in [1.82, 2.24) is 19.4 Å². The average molecular weight is 225 g/mol. The maximum absolute atomic E-state index is 4.36. The molecular weight excluding hydrogens is 214 g/mol. The third-order valence-electron chi connectivity index (χ3n) is 2.59. The van der Waals surface area contributed by atoms with Crippen molar-refractivity contribution in [3.8, 4) is 11.4 Å². The predicted molar refractivity (Wildman–Crippen MR) is 65.8 cm³/mol. The van der Waals surface area contributed by atoms with Crippen molar-refractivity contribution in [2.24, 2.45) is 0 Å². The fourth-order valence-electron chi connectivity index (χ4n) is 1.80. The summed E-state index contributed by atoms with van der Waals surface area (Å²) in [5, 5.41) is 3.02. The molecule has 3 rings (SSSR count). The number of aromatic nitrogens is 4. The van der Waals surface area contributed by atoms with E-state index in [1.807, 2.05) is 35.8 Å². The van der Waals surface area contributed by atoms with Crippen molar-refractivity contribution in [2.45, 2.75) is 0 Å². The number of nitrogens with one attached hydrogen (secondary N) is 1. The molecule has 5 nitrogen and oxygen atoms in total. The molecule has 0 aliphatic carbocycles. The lowest BCUT2D eigenvalue weighted by Crippen LogP contribution is -1.97. The third-order valence-corrected chi connectivity index (χ3v) is 2.59. The highest BCUT2D eigenvalue weighted by atomic mass is 15.1. The van der Waals surface area contributed by atoms with Gasteiger partial charge in [-0.3, -0.25) is 9.38 Å². The van der Waals surface area contributed by atoms with E-state index in [2.05, 4.69) is 20.3 Å². The lowest BCUT2D eigenvalue weighted by Gasteiger charge is -2.03. The topological polar surface area (TPSA) is 55.1 Å². The van der Waals surface area contributed by atoms with Crippen LogP contribution in [0.4, 0.5) is 5.82 Å². The molecule has 0 saturated carbocycles. The van der Waals surface area contributed by atoms with Gasteiger partial charge in [0.15, 0.2) is 11.5 Å². The molecule has 0 aliphatic rings. The molecule has 0 aliphatic heterocycles. The monoisotopic (exact) mass is 225 g/mol. The first kappa shape index (κ1) is 9.77. The standard InChI is InChI=1S/C12H11N5/c1-13-11-12-16-8-10(17(12)7-6-15-11)9-4-2-3-5-14-9/h2-8H,1H3,(H,13,15).